The van der Waals surface area contributed by atoms with E-state index in [-0.39, 0.29) is 24.7 Å². The highest BCUT2D eigenvalue weighted by atomic mass is 16.6. The van der Waals surface area contributed by atoms with Crippen molar-refractivity contribution in [3.8, 4) is 11.5 Å². The first-order chi connectivity index (χ1) is 12.3. The van der Waals surface area contributed by atoms with Crippen LogP contribution in [0.3, 0.4) is 0 Å². The zero-order valence-corrected chi connectivity index (χ0v) is 15.0. The molecule has 0 radical (unpaired) electrons. The topological polar surface area (TPSA) is 137 Å². The number of ether oxygens (including phenoxy) is 3. The molecule has 0 unspecified atom stereocenters. The van der Waals surface area contributed by atoms with Crippen molar-refractivity contribution in [2.75, 3.05) is 47.6 Å². The van der Waals surface area contributed by atoms with Crippen LogP contribution in [0.4, 0.5) is 11.4 Å². The third kappa shape index (κ3) is 5.79. The minimum Gasteiger partial charge on any atom is -0.492 e. The molecule has 0 aliphatic heterocycles. The van der Waals surface area contributed by atoms with Crippen molar-refractivity contribution in [2.45, 2.75) is 13.0 Å². The Balaban J connectivity index is 2.92. The molecule has 11 nitrogen and oxygen atoms in total. The fourth-order valence-electron chi connectivity index (χ4n) is 2.24. The molecule has 0 heterocycles. The maximum Gasteiger partial charge on any atom is 0.327 e. The fourth-order valence-corrected chi connectivity index (χ4v) is 2.24. The number of aliphatic hydroxyl groups excluding tert-OH is 1. The minimum atomic E-state index is -0.881. The Morgan fingerprint density at radius 1 is 1.15 bits per heavy atom. The van der Waals surface area contributed by atoms with Crippen molar-refractivity contribution >= 4 is 11.4 Å². The lowest BCUT2D eigenvalue weighted by atomic mass is 10.1. The maximum absolute atomic E-state index is 11.4. The van der Waals surface area contributed by atoms with Crippen molar-refractivity contribution in [3.63, 3.8) is 0 Å². The van der Waals surface area contributed by atoms with Gasteiger partial charge in [-0.05, 0) is 27.1 Å². The third-order valence-electron chi connectivity index (χ3n) is 3.43. The van der Waals surface area contributed by atoms with E-state index in [1.807, 2.05) is 19.0 Å². The van der Waals surface area contributed by atoms with Gasteiger partial charge in [-0.3, -0.25) is 20.2 Å². The van der Waals surface area contributed by atoms with Gasteiger partial charge in [0.25, 0.3) is 5.69 Å². The molecule has 0 aromatic heterocycles. The minimum absolute atomic E-state index is 0.0121. The molecule has 0 atom stereocenters. The SMILES string of the molecule is COc1cc([N+](=O)[O-])c(CO)c([N+](=O)[O-])c1OCCOCCCN(C)C. The van der Waals surface area contributed by atoms with E-state index in [9.17, 15) is 25.3 Å². The first kappa shape index (κ1) is 21.5. The maximum atomic E-state index is 11.4. The van der Waals surface area contributed by atoms with Crippen LogP contribution < -0.4 is 9.47 Å². The number of nitro groups is 2. The fraction of sp³-hybridized carbons (Fsp3) is 0.600. The third-order valence-corrected chi connectivity index (χ3v) is 3.43. The highest BCUT2D eigenvalue weighted by Crippen LogP contribution is 2.44. The normalized spacial score (nSPS) is 10.8. The van der Waals surface area contributed by atoms with E-state index in [2.05, 4.69) is 0 Å². The monoisotopic (exact) mass is 373 g/mol. The molecule has 0 amide bonds. The average Bonchev–Trinajstić information content (AvgIpc) is 2.58. The predicted octanol–water partition coefficient (Wildman–Crippen LogP) is 1.35. The van der Waals surface area contributed by atoms with Crippen LogP contribution >= 0.6 is 0 Å². The second kappa shape index (κ2) is 10.5. The van der Waals surface area contributed by atoms with E-state index in [1.165, 1.54) is 7.11 Å². The number of methoxy groups -OCH3 is 1. The number of hydrogen-bond donors (Lipinski definition) is 1. The molecule has 1 aromatic carbocycles. The number of rotatable bonds is 12. The van der Waals surface area contributed by atoms with Crippen molar-refractivity contribution < 1.29 is 29.2 Å². The van der Waals surface area contributed by atoms with Gasteiger partial charge in [-0.2, -0.15) is 0 Å². The van der Waals surface area contributed by atoms with E-state index in [0.717, 1.165) is 19.0 Å². The average molecular weight is 373 g/mol. The molecule has 0 aliphatic rings. The van der Waals surface area contributed by atoms with E-state index >= 15 is 0 Å². The number of nitrogens with zero attached hydrogens (tertiary/aromatic N) is 3. The van der Waals surface area contributed by atoms with Gasteiger partial charge in [0.1, 0.15) is 12.2 Å². The van der Waals surface area contributed by atoms with E-state index in [0.29, 0.717) is 6.61 Å². The number of aliphatic hydroxyl groups is 1. The number of benzene rings is 1. The lowest BCUT2D eigenvalue weighted by molar-refractivity contribution is -0.396. The molecule has 0 fully saturated rings. The van der Waals surface area contributed by atoms with Crippen LogP contribution in [0, 0.1) is 20.2 Å². The molecule has 0 saturated carbocycles. The molecule has 146 valence electrons. The van der Waals surface area contributed by atoms with Crippen LogP contribution in [0.25, 0.3) is 0 Å². The summed E-state index contributed by atoms with van der Waals surface area (Å²) in [4.78, 5) is 22.8. The van der Waals surface area contributed by atoms with Gasteiger partial charge in [0.2, 0.25) is 5.75 Å². The summed E-state index contributed by atoms with van der Waals surface area (Å²) in [5, 5.41) is 31.8. The summed E-state index contributed by atoms with van der Waals surface area (Å²) in [6, 6.07) is 0.992. The smallest absolute Gasteiger partial charge is 0.327 e. The van der Waals surface area contributed by atoms with E-state index in [4.69, 9.17) is 14.2 Å². The number of nitro benzene ring substituents is 2. The van der Waals surface area contributed by atoms with Gasteiger partial charge in [-0.25, -0.2) is 0 Å². The van der Waals surface area contributed by atoms with Crippen LogP contribution in [0.5, 0.6) is 11.5 Å². The summed E-state index contributed by atoms with van der Waals surface area (Å²) < 4.78 is 15.8. The van der Waals surface area contributed by atoms with Crippen LogP contribution in [-0.4, -0.2) is 67.4 Å². The van der Waals surface area contributed by atoms with E-state index < -0.39 is 33.4 Å². The van der Waals surface area contributed by atoms with Crippen LogP contribution in [0.1, 0.15) is 12.0 Å². The first-order valence-electron chi connectivity index (χ1n) is 7.82. The van der Waals surface area contributed by atoms with Crippen molar-refractivity contribution in [1.29, 1.82) is 0 Å². The molecule has 0 spiro atoms. The standard InChI is InChI=1S/C15H23N3O8/c1-16(2)5-4-6-25-7-8-26-15-13(24-3)9-12(17(20)21)11(10-19)14(15)18(22)23/h9,19H,4-8,10H2,1-3H3. The van der Waals surface area contributed by atoms with Gasteiger partial charge in [0.15, 0.2) is 5.75 Å². The lowest BCUT2D eigenvalue weighted by Gasteiger charge is -2.13. The van der Waals surface area contributed by atoms with Gasteiger partial charge in [0, 0.05) is 6.61 Å². The molecular weight excluding hydrogens is 350 g/mol. The zero-order chi connectivity index (χ0) is 19.7. The summed E-state index contributed by atoms with van der Waals surface area (Å²) in [6.07, 6.45) is 0.822. The van der Waals surface area contributed by atoms with Gasteiger partial charge < -0.3 is 24.2 Å². The Labute approximate surface area is 150 Å². The molecule has 0 aliphatic carbocycles. The summed E-state index contributed by atoms with van der Waals surface area (Å²) >= 11 is 0. The van der Waals surface area contributed by atoms with Crippen molar-refractivity contribution in [2.24, 2.45) is 0 Å². The predicted molar refractivity (Wildman–Crippen MR) is 91.7 cm³/mol. The second-order valence-electron chi connectivity index (χ2n) is 5.54. The van der Waals surface area contributed by atoms with Gasteiger partial charge >= 0.3 is 5.69 Å². The van der Waals surface area contributed by atoms with Gasteiger partial charge in [0.05, 0.1) is 36.2 Å². The highest BCUT2D eigenvalue weighted by molar-refractivity contribution is 5.68. The van der Waals surface area contributed by atoms with Gasteiger partial charge in [-0.1, -0.05) is 0 Å². The number of hydrogen-bond acceptors (Lipinski definition) is 9. The van der Waals surface area contributed by atoms with Crippen LogP contribution in [0.15, 0.2) is 6.07 Å². The van der Waals surface area contributed by atoms with Crippen LogP contribution in [-0.2, 0) is 11.3 Å². The quantitative estimate of drug-likeness (QED) is 0.327. The summed E-state index contributed by atoms with van der Waals surface area (Å²) in [7, 11) is 5.11. The Hall–Kier alpha value is -2.50. The van der Waals surface area contributed by atoms with Crippen molar-refractivity contribution in [1.82, 2.24) is 4.90 Å². The molecule has 0 bridgehead atoms. The zero-order valence-electron chi connectivity index (χ0n) is 15.0. The summed E-state index contributed by atoms with van der Waals surface area (Å²) in [5.41, 5.74) is -1.74. The Morgan fingerprint density at radius 3 is 2.35 bits per heavy atom. The molecule has 0 saturated heterocycles. The Kier molecular flexibility index (Phi) is 8.68. The highest BCUT2D eigenvalue weighted by Gasteiger charge is 2.33. The first-order valence-corrected chi connectivity index (χ1v) is 7.82. The molecular formula is C15H23N3O8. The molecule has 1 N–H and O–H groups in total. The Bertz CT molecular complexity index is 636. The summed E-state index contributed by atoms with van der Waals surface area (Å²) in [6.45, 7) is 0.653. The Morgan fingerprint density at radius 2 is 1.85 bits per heavy atom. The molecule has 1 aromatic rings. The largest absolute Gasteiger partial charge is 0.492 e. The summed E-state index contributed by atoms with van der Waals surface area (Å²) in [5.74, 6) is -0.433. The lowest BCUT2D eigenvalue weighted by Crippen LogP contribution is -2.16. The molecule has 1 rings (SSSR count). The second-order valence-corrected chi connectivity index (χ2v) is 5.54. The van der Waals surface area contributed by atoms with Gasteiger partial charge in [-0.15, -0.1) is 0 Å². The molecule has 26 heavy (non-hydrogen) atoms. The molecule has 11 heteroatoms. The van der Waals surface area contributed by atoms with E-state index in [1.54, 1.807) is 0 Å². The van der Waals surface area contributed by atoms with Crippen molar-refractivity contribution in [3.05, 3.63) is 31.9 Å². The van der Waals surface area contributed by atoms with Crippen LogP contribution in [0.2, 0.25) is 0 Å².